The summed E-state index contributed by atoms with van der Waals surface area (Å²) in [5, 5.41) is 10.00. The minimum absolute atomic E-state index is 0.470. The second-order valence-corrected chi connectivity index (χ2v) is 8.69. The van der Waals surface area contributed by atoms with E-state index in [1.165, 1.54) is 12.8 Å². The summed E-state index contributed by atoms with van der Waals surface area (Å²) in [6.45, 7) is 7.62. The Balaban J connectivity index is 1.59. The first-order chi connectivity index (χ1) is 11.6. The Bertz CT molecular complexity index is 675. The number of hydrogen-bond donors (Lipinski definition) is 1. The molecule has 1 aliphatic heterocycles. The SMILES string of the molecule is CCC1CC(C(C)NCc2cc(-c3ccccc3Cl)no2)C(C)S1. The fraction of sp³-hybridized carbons (Fsp3) is 0.526. The average Bonchev–Trinajstić information content (AvgIpc) is 3.19. The van der Waals surface area contributed by atoms with E-state index in [0.29, 0.717) is 28.8 Å². The highest BCUT2D eigenvalue weighted by Crippen LogP contribution is 2.41. The summed E-state index contributed by atoms with van der Waals surface area (Å²) in [5.74, 6) is 1.56. The minimum atomic E-state index is 0.470. The maximum atomic E-state index is 6.23. The smallest absolute Gasteiger partial charge is 0.151 e. The minimum Gasteiger partial charge on any atom is -0.359 e. The van der Waals surface area contributed by atoms with E-state index in [4.69, 9.17) is 16.1 Å². The first-order valence-electron chi connectivity index (χ1n) is 8.67. The van der Waals surface area contributed by atoms with Crippen LogP contribution >= 0.6 is 23.4 Å². The molecule has 1 N–H and O–H groups in total. The van der Waals surface area contributed by atoms with Crippen LogP contribution in [0.3, 0.4) is 0 Å². The van der Waals surface area contributed by atoms with Gasteiger partial charge in [0.15, 0.2) is 5.76 Å². The zero-order chi connectivity index (χ0) is 17.1. The van der Waals surface area contributed by atoms with Gasteiger partial charge in [0, 0.05) is 28.2 Å². The molecule has 130 valence electrons. The molecule has 4 atom stereocenters. The summed E-state index contributed by atoms with van der Waals surface area (Å²) in [7, 11) is 0. The molecule has 24 heavy (non-hydrogen) atoms. The van der Waals surface area contributed by atoms with Gasteiger partial charge in [0.1, 0.15) is 5.69 Å². The van der Waals surface area contributed by atoms with Crippen molar-refractivity contribution >= 4 is 23.4 Å². The van der Waals surface area contributed by atoms with Crippen LogP contribution in [0.15, 0.2) is 34.9 Å². The van der Waals surface area contributed by atoms with Gasteiger partial charge < -0.3 is 9.84 Å². The van der Waals surface area contributed by atoms with E-state index in [1.807, 2.05) is 30.3 Å². The molecule has 0 radical (unpaired) electrons. The second kappa shape index (κ2) is 7.94. The Kier molecular flexibility index (Phi) is 5.90. The number of hydrogen-bond acceptors (Lipinski definition) is 4. The van der Waals surface area contributed by atoms with Crippen LogP contribution in [0.2, 0.25) is 5.02 Å². The Morgan fingerprint density at radius 1 is 1.42 bits per heavy atom. The van der Waals surface area contributed by atoms with Gasteiger partial charge in [-0.25, -0.2) is 0 Å². The summed E-state index contributed by atoms with van der Waals surface area (Å²) in [4.78, 5) is 0. The molecule has 2 heterocycles. The Morgan fingerprint density at radius 2 is 2.21 bits per heavy atom. The molecule has 1 aromatic heterocycles. The third kappa shape index (κ3) is 3.98. The highest BCUT2D eigenvalue weighted by Gasteiger charge is 2.34. The normalized spacial score (nSPS) is 25.1. The van der Waals surface area contributed by atoms with Crippen molar-refractivity contribution in [2.75, 3.05) is 0 Å². The molecule has 0 spiro atoms. The molecule has 0 aliphatic carbocycles. The first-order valence-corrected chi connectivity index (χ1v) is 10.00. The van der Waals surface area contributed by atoms with Crippen LogP contribution in [0.5, 0.6) is 0 Å². The van der Waals surface area contributed by atoms with E-state index in [-0.39, 0.29) is 0 Å². The van der Waals surface area contributed by atoms with Crippen molar-refractivity contribution in [1.29, 1.82) is 0 Å². The molecule has 1 aliphatic rings. The summed E-state index contributed by atoms with van der Waals surface area (Å²) in [6, 6.07) is 10.2. The highest BCUT2D eigenvalue weighted by atomic mass is 35.5. The van der Waals surface area contributed by atoms with Gasteiger partial charge in [-0.15, -0.1) is 0 Å². The Hall–Kier alpha value is -0.970. The van der Waals surface area contributed by atoms with E-state index in [1.54, 1.807) is 0 Å². The fourth-order valence-corrected chi connectivity index (χ4v) is 5.35. The van der Waals surface area contributed by atoms with Crippen molar-refractivity contribution < 1.29 is 4.52 Å². The number of aromatic nitrogens is 1. The molecule has 0 saturated carbocycles. The monoisotopic (exact) mass is 364 g/mol. The van der Waals surface area contributed by atoms with Gasteiger partial charge in [-0.3, -0.25) is 0 Å². The topological polar surface area (TPSA) is 38.1 Å². The zero-order valence-electron chi connectivity index (χ0n) is 14.5. The summed E-state index contributed by atoms with van der Waals surface area (Å²) < 4.78 is 5.48. The van der Waals surface area contributed by atoms with Crippen molar-refractivity contribution in [3.05, 3.63) is 41.1 Å². The molecular weight excluding hydrogens is 340 g/mol. The second-order valence-electron chi connectivity index (χ2n) is 6.60. The number of thioether (sulfide) groups is 1. The average molecular weight is 365 g/mol. The van der Waals surface area contributed by atoms with E-state index in [9.17, 15) is 0 Å². The third-order valence-electron chi connectivity index (χ3n) is 4.95. The molecule has 5 heteroatoms. The molecule has 3 rings (SSSR count). The zero-order valence-corrected chi connectivity index (χ0v) is 16.0. The summed E-state index contributed by atoms with van der Waals surface area (Å²) in [6.07, 6.45) is 2.57. The van der Waals surface area contributed by atoms with Gasteiger partial charge in [0.25, 0.3) is 0 Å². The lowest BCUT2D eigenvalue weighted by Crippen LogP contribution is -2.35. The van der Waals surface area contributed by atoms with E-state index in [2.05, 4.69) is 43.0 Å². The quantitative estimate of drug-likeness (QED) is 0.745. The standard InChI is InChI=1S/C19H25ClN2OS/c1-4-15-10-17(13(3)24-15)12(2)21-11-14-9-19(22-23-14)16-7-5-6-8-18(16)20/h5-9,12-13,15,17,21H,4,10-11H2,1-3H3. The summed E-state index contributed by atoms with van der Waals surface area (Å²) in [5.41, 5.74) is 1.70. The van der Waals surface area contributed by atoms with Crippen molar-refractivity contribution in [2.24, 2.45) is 5.92 Å². The molecule has 1 aromatic carbocycles. The molecule has 4 unspecified atom stereocenters. The Morgan fingerprint density at radius 3 is 2.92 bits per heavy atom. The Labute approximate surface area is 153 Å². The molecule has 3 nitrogen and oxygen atoms in total. The van der Waals surface area contributed by atoms with Crippen LogP contribution in [0.1, 0.15) is 39.4 Å². The van der Waals surface area contributed by atoms with E-state index >= 15 is 0 Å². The van der Waals surface area contributed by atoms with Crippen LogP contribution in [0, 0.1) is 5.92 Å². The third-order valence-corrected chi connectivity index (χ3v) is 6.97. The number of nitrogens with one attached hydrogen (secondary N) is 1. The largest absolute Gasteiger partial charge is 0.359 e. The van der Waals surface area contributed by atoms with Crippen LogP contribution in [-0.4, -0.2) is 21.7 Å². The van der Waals surface area contributed by atoms with Crippen molar-refractivity contribution in [1.82, 2.24) is 10.5 Å². The number of benzene rings is 1. The molecule has 1 fully saturated rings. The van der Waals surface area contributed by atoms with Crippen molar-refractivity contribution in [3.8, 4) is 11.3 Å². The van der Waals surface area contributed by atoms with Gasteiger partial charge in [0.05, 0.1) is 11.6 Å². The maximum absolute atomic E-state index is 6.23. The van der Waals surface area contributed by atoms with Gasteiger partial charge in [-0.05, 0) is 31.7 Å². The van der Waals surface area contributed by atoms with Crippen LogP contribution in [-0.2, 0) is 6.54 Å². The maximum Gasteiger partial charge on any atom is 0.151 e. The molecule has 2 aromatic rings. The lowest BCUT2D eigenvalue weighted by molar-refractivity contribution is 0.327. The van der Waals surface area contributed by atoms with Crippen LogP contribution < -0.4 is 5.32 Å². The van der Waals surface area contributed by atoms with Crippen molar-refractivity contribution in [2.45, 2.75) is 56.7 Å². The lowest BCUT2D eigenvalue weighted by Gasteiger charge is -2.23. The van der Waals surface area contributed by atoms with Gasteiger partial charge >= 0.3 is 0 Å². The predicted octanol–water partition coefficient (Wildman–Crippen LogP) is 5.39. The highest BCUT2D eigenvalue weighted by molar-refractivity contribution is 8.00. The fourth-order valence-electron chi connectivity index (χ4n) is 3.43. The lowest BCUT2D eigenvalue weighted by atomic mass is 9.92. The van der Waals surface area contributed by atoms with Gasteiger partial charge in [-0.1, -0.05) is 48.8 Å². The predicted molar refractivity (Wildman–Crippen MR) is 102 cm³/mol. The summed E-state index contributed by atoms with van der Waals surface area (Å²) >= 11 is 8.36. The van der Waals surface area contributed by atoms with E-state index < -0.39 is 0 Å². The molecule has 1 saturated heterocycles. The van der Waals surface area contributed by atoms with Crippen LogP contribution in [0.4, 0.5) is 0 Å². The number of rotatable bonds is 6. The molecular formula is C19H25ClN2OS. The van der Waals surface area contributed by atoms with Crippen LogP contribution in [0.25, 0.3) is 11.3 Å². The molecule has 0 bridgehead atoms. The number of halogens is 1. The first kappa shape index (κ1) is 17.8. The molecule has 0 amide bonds. The number of nitrogens with zero attached hydrogens (tertiary/aromatic N) is 1. The van der Waals surface area contributed by atoms with Gasteiger partial charge in [-0.2, -0.15) is 11.8 Å². The van der Waals surface area contributed by atoms with Crippen molar-refractivity contribution in [3.63, 3.8) is 0 Å². The van der Waals surface area contributed by atoms with Gasteiger partial charge in [0.2, 0.25) is 0 Å². The van der Waals surface area contributed by atoms with E-state index in [0.717, 1.165) is 22.3 Å².